The molecule has 0 aromatic carbocycles. The van der Waals surface area contributed by atoms with Crippen molar-refractivity contribution in [3.63, 3.8) is 0 Å². The molecule has 2 atom stereocenters. The number of hydrogen-bond acceptors (Lipinski definition) is 4. The summed E-state index contributed by atoms with van der Waals surface area (Å²) in [7, 11) is 0. The Morgan fingerprint density at radius 3 is 3.00 bits per heavy atom. The summed E-state index contributed by atoms with van der Waals surface area (Å²) in [5.41, 5.74) is -1.08. The summed E-state index contributed by atoms with van der Waals surface area (Å²) in [5, 5.41) is 16.5. The lowest BCUT2D eigenvalue weighted by molar-refractivity contribution is -0.148. The van der Waals surface area contributed by atoms with Crippen molar-refractivity contribution in [1.29, 1.82) is 0 Å². The number of hydrogen-bond donors (Lipinski definition) is 3. The van der Waals surface area contributed by atoms with Gasteiger partial charge in [0, 0.05) is 9.35 Å². The molecule has 1 aromatic heterocycles. The molecular formula is C12H15BrN2O4S. The average molecular weight is 363 g/mol. The third kappa shape index (κ3) is 3.13. The maximum Gasteiger partial charge on any atom is 0.315 e. The number of amides is 2. The number of carboxylic acids is 1. The molecule has 0 saturated carbocycles. The molecule has 110 valence electrons. The van der Waals surface area contributed by atoms with E-state index >= 15 is 0 Å². The van der Waals surface area contributed by atoms with E-state index in [2.05, 4.69) is 26.6 Å². The van der Waals surface area contributed by atoms with E-state index in [9.17, 15) is 14.7 Å². The first-order chi connectivity index (χ1) is 9.43. The van der Waals surface area contributed by atoms with Crippen molar-refractivity contribution in [2.45, 2.75) is 19.5 Å². The van der Waals surface area contributed by atoms with Crippen LogP contribution in [-0.2, 0) is 16.1 Å². The highest BCUT2D eigenvalue weighted by Crippen LogP contribution is 2.28. The molecule has 0 bridgehead atoms. The van der Waals surface area contributed by atoms with Crippen molar-refractivity contribution in [3.8, 4) is 0 Å². The van der Waals surface area contributed by atoms with Gasteiger partial charge in [0.25, 0.3) is 0 Å². The number of aliphatic carboxylic acids is 1. The van der Waals surface area contributed by atoms with E-state index in [1.807, 2.05) is 11.4 Å². The van der Waals surface area contributed by atoms with Gasteiger partial charge in [-0.05, 0) is 34.3 Å². The first kappa shape index (κ1) is 15.3. The van der Waals surface area contributed by atoms with Crippen LogP contribution in [-0.4, -0.2) is 36.4 Å². The highest BCUT2D eigenvalue weighted by atomic mass is 79.9. The summed E-state index contributed by atoms with van der Waals surface area (Å²) in [6.07, 6.45) is 0. The molecule has 2 amide bonds. The van der Waals surface area contributed by atoms with Gasteiger partial charge >= 0.3 is 12.0 Å². The largest absolute Gasteiger partial charge is 0.481 e. The zero-order valence-corrected chi connectivity index (χ0v) is 13.2. The summed E-state index contributed by atoms with van der Waals surface area (Å²) in [6, 6.07) is 0.978. The Hall–Kier alpha value is -1.12. The van der Waals surface area contributed by atoms with Crippen LogP contribution in [0.25, 0.3) is 0 Å². The summed E-state index contributed by atoms with van der Waals surface area (Å²) >= 11 is 4.91. The van der Waals surface area contributed by atoms with Gasteiger partial charge in [0.2, 0.25) is 0 Å². The van der Waals surface area contributed by atoms with Crippen LogP contribution >= 0.6 is 27.3 Å². The number of urea groups is 1. The Morgan fingerprint density at radius 1 is 1.65 bits per heavy atom. The maximum absolute atomic E-state index is 11.8. The van der Waals surface area contributed by atoms with Crippen molar-refractivity contribution in [1.82, 2.24) is 10.6 Å². The molecule has 0 spiro atoms. The number of ether oxygens (including phenoxy) is 1. The molecule has 1 fully saturated rings. The first-order valence-corrected chi connectivity index (χ1v) is 7.68. The predicted octanol–water partition coefficient (Wildman–Crippen LogP) is 1.80. The summed E-state index contributed by atoms with van der Waals surface area (Å²) in [6.45, 7) is 2.27. The van der Waals surface area contributed by atoms with E-state index in [4.69, 9.17) is 4.74 Å². The van der Waals surface area contributed by atoms with Crippen LogP contribution in [0.5, 0.6) is 0 Å². The zero-order chi connectivity index (χ0) is 14.8. The third-order valence-electron chi connectivity index (χ3n) is 3.35. The van der Waals surface area contributed by atoms with Gasteiger partial charge in [-0.25, -0.2) is 4.79 Å². The van der Waals surface area contributed by atoms with Gasteiger partial charge in [-0.1, -0.05) is 0 Å². The Balaban J connectivity index is 1.88. The molecule has 8 heteroatoms. The maximum atomic E-state index is 11.8. The molecule has 20 heavy (non-hydrogen) atoms. The Morgan fingerprint density at radius 2 is 2.40 bits per heavy atom. The van der Waals surface area contributed by atoms with E-state index < -0.39 is 23.5 Å². The van der Waals surface area contributed by atoms with Crippen LogP contribution in [0, 0.1) is 5.41 Å². The minimum absolute atomic E-state index is 0.101. The van der Waals surface area contributed by atoms with Crippen LogP contribution in [0.3, 0.4) is 0 Å². The van der Waals surface area contributed by atoms with Crippen molar-refractivity contribution in [3.05, 3.63) is 20.8 Å². The van der Waals surface area contributed by atoms with Gasteiger partial charge < -0.3 is 20.5 Å². The number of rotatable bonds is 4. The van der Waals surface area contributed by atoms with E-state index in [1.165, 1.54) is 11.3 Å². The summed E-state index contributed by atoms with van der Waals surface area (Å²) in [4.78, 5) is 24.1. The van der Waals surface area contributed by atoms with Crippen molar-refractivity contribution >= 4 is 39.3 Å². The lowest BCUT2D eigenvalue weighted by Gasteiger charge is -2.25. The minimum atomic E-state index is -1.08. The molecule has 3 N–H and O–H groups in total. The topological polar surface area (TPSA) is 87.7 Å². The van der Waals surface area contributed by atoms with E-state index in [1.54, 1.807) is 6.92 Å². The molecule has 1 saturated heterocycles. The van der Waals surface area contributed by atoms with Gasteiger partial charge in [0.05, 0.1) is 25.8 Å². The second kappa shape index (κ2) is 6.11. The van der Waals surface area contributed by atoms with E-state index in [0.717, 1.165) is 9.35 Å². The average Bonchev–Trinajstić information content (AvgIpc) is 2.95. The lowest BCUT2D eigenvalue weighted by atomic mass is 9.85. The molecule has 1 aliphatic heterocycles. The van der Waals surface area contributed by atoms with E-state index in [-0.39, 0.29) is 13.2 Å². The van der Waals surface area contributed by atoms with Gasteiger partial charge in [-0.2, -0.15) is 0 Å². The summed E-state index contributed by atoms with van der Waals surface area (Å²) in [5.74, 6) is -0.971. The lowest BCUT2D eigenvalue weighted by Crippen LogP contribution is -2.52. The fourth-order valence-corrected chi connectivity index (χ4v) is 3.34. The van der Waals surface area contributed by atoms with Crippen molar-refractivity contribution in [2.24, 2.45) is 5.41 Å². The number of carbonyl (C=O) groups excluding carboxylic acids is 1. The number of nitrogens with one attached hydrogen (secondary N) is 2. The number of carbonyl (C=O) groups is 2. The highest BCUT2D eigenvalue weighted by molar-refractivity contribution is 9.10. The standard InChI is InChI=1S/C12H15BrN2O4S/c1-12(10(16)17)6-19-5-9(12)15-11(18)14-4-8-7(13)2-3-20-8/h2-3,9H,4-6H2,1H3,(H,16,17)(H2,14,15,18). The SMILES string of the molecule is CC1(C(=O)O)COCC1NC(=O)NCc1sccc1Br. The highest BCUT2D eigenvalue weighted by Gasteiger charge is 2.47. The quantitative estimate of drug-likeness (QED) is 0.761. The van der Waals surface area contributed by atoms with Crippen LogP contribution in [0.2, 0.25) is 0 Å². The predicted molar refractivity (Wildman–Crippen MR) is 77.7 cm³/mol. The molecule has 6 nitrogen and oxygen atoms in total. The third-order valence-corrected chi connectivity index (χ3v) is 5.28. The smallest absolute Gasteiger partial charge is 0.315 e. The second-order valence-electron chi connectivity index (χ2n) is 4.81. The van der Waals surface area contributed by atoms with Gasteiger partial charge in [-0.15, -0.1) is 11.3 Å². The number of halogens is 1. The Labute approximate surface area is 128 Å². The van der Waals surface area contributed by atoms with Crippen LogP contribution < -0.4 is 10.6 Å². The van der Waals surface area contributed by atoms with Crippen LogP contribution in [0.15, 0.2) is 15.9 Å². The molecule has 0 aliphatic carbocycles. The Bertz CT molecular complexity index is 521. The molecule has 1 aliphatic rings. The fourth-order valence-electron chi connectivity index (χ4n) is 1.91. The zero-order valence-electron chi connectivity index (χ0n) is 10.8. The molecular weight excluding hydrogens is 348 g/mol. The fraction of sp³-hybridized carbons (Fsp3) is 0.500. The molecule has 2 heterocycles. The molecule has 2 rings (SSSR count). The second-order valence-corrected chi connectivity index (χ2v) is 6.66. The van der Waals surface area contributed by atoms with Gasteiger partial charge in [-0.3, -0.25) is 4.79 Å². The molecule has 0 radical (unpaired) electrons. The van der Waals surface area contributed by atoms with Crippen molar-refractivity contribution in [2.75, 3.05) is 13.2 Å². The summed E-state index contributed by atoms with van der Waals surface area (Å²) < 4.78 is 6.12. The minimum Gasteiger partial charge on any atom is -0.481 e. The monoisotopic (exact) mass is 362 g/mol. The van der Waals surface area contributed by atoms with Crippen LogP contribution in [0.1, 0.15) is 11.8 Å². The first-order valence-electron chi connectivity index (χ1n) is 6.01. The normalized spacial score (nSPS) is 25.4. The van der Waals surface area contributed by atoms with Gasteiger partial charge in [0.1, 0.15) is 5.41 Å². The molecule has 2 unspecified atom stereocenters. The van der Waals surface area contributed by atoms with E-state index in [0.29, 0.717) is 6.54 Å². The van der Waals surface area contributed by atoms with Crippen molar-refractivity contribution < 1.29 is 19.4 Å². The Kier molecular flexibility index (Phi) is 4.66. The number of carboxylic acid groups (broad SMARTS) is 1. The number of thiophene rings is 1. The van der Waals surface area contributed by atoms with Crippen LogP contribution in [0.4, 0.5) is 4.79 Å². The molecule has 1 aromatic rings. The van der Waals surface area contributed by atoms with Gasteiger partial charge in [0.15, 0.2) is 0 Å².